The highest BCUT2D eigenvalue weighted by atomic mass is 16.5. The molecule has 0 amide bonds. The Morgan fingerprint density at radius 2 is 2.12 bits per heavy atom. The zero-order valence-electron chi connectivity index (χ0n) is 10.5. The summed E-state index contributed by atoms with van der Waals surface area (Å²) in [7, 11) is 2.08. The van der Waals surface area contributed by atoms with Crippen LogP contribution in [0.15, 0.2) is 11.6 Å². The predicted molar refractivity (Wildman–Crippen MR) is 67.6 cm³/mol. The van der Waals surface area contributed by atoms with Gasteiger partial charge in [0.2, 0.25) is 0 Å². The third-order valence-corrected chi connectivity index (χ3v) is 3.87. The van der Waals surface area contributed by atoms with E-state index in [1.807, 2.05) is 0 Å². The number of ether oxygens (including phenoxy) is 1. The van der Waals surface area contributed by atoms with Crippen molar-refractivity contribution in [3.8, 4) is 0 Å². The molecule has 1 N–H and O–H groups in total. The molecule has 2 atom stereocenters. The number of hydrogen-bond acceptors (Lipinski definition) is 2. The van der Waals surface area contributed by atoms with Crippen molar-refractivity contribution >= 4 is 0 Å². The second-order valence-electron chi connectivity index (χ2n) is 5.05. The van der Waals surface area contributed by atoms with Crippen LogP contribution in [0.4, 0.5) is 0 Å². The first-order chi connectivity index (χ1) is 7.92. The highest BCUT2D eigenvalue weighted by molar-refractivity contribution is 5.14. The van der Waals surface area contributed by atoms with Crippen molar-refractivity contribution in [1.82, 2.24) is 5.32 Å². The smallest absolute Gasteiger partial charge is 0.0767 e. The number of likely N-dealkylation sites (N-methyl/N-ethyl adjacent to an activating group) is 1. The van der Waals surface area contributed by atoms with E-state index in [4.69, 9.17) is 4.74 Å². The number of nitrogens with one attached hydrogen (secondary N) is 1. The van der Waals surface area contributed by atoms with E-state index in [9.17, 15) is 0 Å². The quantitative estimate of drug-likeness (QED) is 0.743. The summed E-state index contributed by atoms with van der Waals surface area (Å²) in [6.45, 7) is 0.954. The normalized spacial score (nSPS) is 29.3. The highest BCUT2D eigenvalue weighted by Gasteiger charge is 2.27. The summed E-state index contributed by atoms with van der Waals surface area (Å²) < 4.78 is 5.83. The maximum Gasteiger partial charge on any atom is 0.0767 e. The molecule has 1 fully saturated rings. The molecule has 1 saturated heterocycles. The fourth-order valence-electron chi connectivity index (χ4n) is 2.97. The summed E-state index contributed by atoms with van der Waals surface area (Å²) in [5, 5.41) is 3.47. The van der Waals surface area contributed by atoms with Gasteiger partial charge in [0.05, 0.1) is 12.1 Å². The standard InChI is InChI=1S/C14H25NO/c1-15-14(13-10-7-11-16-13)12-8-5-3-2-4-6-9-12/h8,13-15H,2-7,9-11H2,1H3. The molecule has 0 aromatic heterocycles. The highest BCUT2D eigenvalue weighted by Crippen LogP contribution is 2.26. The Labute approximate surface area is 99.4 Å². The number of allylic oxidation sites excluding steroid dienone is 1. The average molecular weight is 223 g/mol. The van der Waals surface area contributed by atoms with Crippen molar-refractivity contribution < 1.29 is 4.74 Å². The Morgan fingerprint density at radius 1 is 1.25 bits per heavy atom. The molecule has 0 spiro atoms. The second kappa shape index (κ2) is 6.41. The molecule has 0 saturated carbocycles. The van der Waals surface area contributed by atoms with Crippen molar-refractivity contribution in [3.63, 3.8) is 0 Å². The molecule has 16 heavy (non-hydrogen) atoms. The van der Waals surface area contributed by atoms with Crippen LogP contribution in [-0.4, -0.2) is 25.8 Å². The fraction of sp³-hybridized carbons (Fsp3) is 0.857. The van der Waals surface area contributed by atoms with Gasteiger partial charge in [0.1, 0.15) is 0 Å². The minimum atomic E-state index is 0.427. The summed E-state index contributed by atoms with van der Waals surface area (Å²) in [4.78, 5) is 0. The van der Waals surface area contributed by atoms with Crippen LogP contribution in [0, 0.1) is 0 Å². The van der Waals surface area contributed by atoms with Crippen molar-refractivity contribution in [2.24, 2.45) is 0 Å². The van der Waals surface area contributed by atoms with Gasteiger partial charge >= 0.3 is 0 Å². The van der Waals surface area contributed by atoms with Crippen LogP contribution in [-0.2, 0) is 4.74 Å². The zero-order valence-corrected chi connectivity index (χ0v) is 10.5. The van der Waals surface area contributed by atoms with E-state index in [-0.39, 0.29) is 0 Å². The van der Waals surface area contributed by atoms with Crippen molar-refractivity contribution in [2.45, 2.75) is 63.5 Å². The van der Waals surface area contributed by atoms with Gasteiger partial charge < -0.3 is 10.1 Å². The molecule has 2 aliphatic rings. The van der Waals surface area contributed by atoms with Gasteiger partial charge in [-0.2, -0.15) is 0 Å². The molecule has 1 aliphatic heterocycles. The Morgan fingerprint density at radius 3 is 2.88 bits per heavy atom. The lowest BCUT2D eigenvalue weighted by Gasteiger charge is -2.26. The van der Waals surface area contributed by atoms with Crippen LogP contribution in [0.1, 0.15) is 51.4 Å². The topological polar surface area (TPSA) is 21.3 Å². The predicted octanol–water partition coefficient (Wildman–Crippen LogP) is 3.03. The van der Waals surface area contributed by atoms with Gasteiger partial charge in [0.25, 0.3) is 0 Å². The van der Waals surface area contributed by atoms with Gasteiger partial charge in [-0.05, 0) is 45.6 Å². The maximum atomic E-state index is 5.83. The third-order valence-electron chi connectivity index (χ3n) is 3.87. The number of hydrogen-bond donors (Lipinski definition) is 1. The lowest BCUT2D eigenvalue weighted by molar-refractivity contribution is 0.0894. The Hall–Kier alpha value is -0.340. The molecule has 92 valence electrons. The minimum Gasteiger partial charge on any atom is -0.376 e. The first-order valence-electron chi connectivity index (χ1n) is 6.89. The Bertz CT molecular complexity index is 231. The molecule has 0 bridgehead atoms. The van der Waals surface area contributed by atoms with Crippen LogP contribution < -0.4 is 5.32 Å². The molecule has 0 radical (unpaired) electrons. The summed E-state index contributed by atoms with van der Waals surface area (Å²) >= 11 is 0. The van der Waals surface area contributed by atoms with Gasteiger partial charge in [-0.15, -0.1) is 0 Å². The molecule has 2 rings (SSSR count). The van der Waals surface area contributed by atoms with E-state index in [2.05, 4.69) is 18.4 Å². The molecule has 2 nitrogen and oxygen atoms in total. The second-order valence-corrected chi connectivity index (χ2v) is 5.05. The lowest BCUT2D eigenvalue weighted by Crippen LogP contribution is -2.39. The minimum absolute atomic E-state index is 0.427. The summed E-state index contributed by atoms with van der Waals surface area (Å²) in [6, 6.07) is 0.473. The summed E-state index contributed by atoms with van der Waals surface area (Å²) in [5.41, 5.74) is 1.61. The van der Waals surface area contributed by atoms with Gasteiger partial charge in [-0.3, -0.25) is 0 Å². The van der Waals surface area contributed by atoms with Crippen LogP contribution in [0.3, 0.4) is 0 Å². The molecular formula is C14H25NO. The number of rotatable bonds is 3. The van der Waals surface area contributed by atoms with E-state index >= 15 is 0 Å². The van der Waals surface area contributed by atoms with Crippen LogP contribution in [0.5, 0.6) is 0 Å². The first-order valence-corrected chi connectivity index (χ1v) is 6.89. The summed E-state index contributed by atoms with van der Waals surface area (Å²) in [5.74, 6) is 0. The first kappa shape index (κ1) is 12.1. The zero-order chi connectivity index (χ0) is 11.2. The van der Waals surface area contributed by atoms with Gasteiger partial charge in [-0.1, -0.05) is 24.5 Å². The van der Waals surface area contributed by atoms with Crippen molar-refractivity contribution in [2.75, 3.05) is 13.7 Å². The van der Waals surface area contributed by atoms with Crippen LogP contribution in [0.25, 0.3) is 0 Å². The average Bonchev–Trinajstić information content (AvgIpc) is 2.75. The molecule has 0 aromatic carbocycles. The van der Waals surface area contributed by atoms with E-state index in [0.29, 0.717) is 12.1 Å². The van der Waals surface area contributed by atoms with E-state index in [0.717, 1.165) is 6.61 Å². The fourth-order valence-corrected chi connectivity index (χ4v) is 2.97. The van der Waals surface area contributed by atoms with Gasteiger partial charge in [0, 0.05) is 6.61 Å². The monoisotopic (exact) mass is 223 g/mol. The van der Waals surface area contributed by atoms with Crippen LogP contribution in [0.2, 0.25) is 0 Å². The molecule has 1 aliphatic carbocycles. The molecule has 1 heterocycles. The Kier molecular flexibility index (Phi) is 4.86. The molecule has 0 aromatic rings. The summed E-state index contributed by atoms with van der Waals surface area (Å²) in [6.07, 6.45) is 13.4. The van der Waals surface area contributed by atoms with E-state index in [1.54, 1.807) is 5.57 Å². The molecule has 2 heteroatoms. The van der Waals surface area contributed by atoms with E-state index < -0.39 is 0 Å². The van der Waals surface area contributed by atoms with Crippen LogP contribution >= 0.6 is 0 Å². The van der Waals surface area contributed by atoms with E-state index in [1.165, 1.54) is 51.4 Å². The lowest BCUT2D eigenvalue weighted by atomic mass is 9.91. The maximum absolute atomic E-state index is 5.83. The molecular weight excluding hydrogens is 198 g/mol. The Balaban J connectivity index is 1.99. The van der Waals surface area contributed by atoms with Crippen molar-refractivity contribution in [1.29, 1.82) is 0 Å². The van der Waals surface area contributed by atoms with Gasteiger partial charge in [-0.25, -0.2) is 0 Å². The van der Waals surface area contributed by atoms with Gasteiger partial charge in [0.15, 0.2) is 0 Å². The SMILES string of the molecule is CNC(C1=CCCCCCC1)C1CCCO1. The largest absolute Gasteiger partial charge is 0.376 e. The molecule has 2 unspecified atom stereocenters. The third kappa shape index (κ3) is 3.08. The van der Waals surface area contributed by atoms with Crippen molar-refractivity contribution in [3.05, 3.63) is 11.6 Å².